The molecule has 2 N–H and O–H groups in total. The van der Waals surface area contributed by atoms with Crippen LogP contribution in [0.2, 0.25) is 0 Å². The van der Waals surface area contributed by atoms with E-state index in [1.807, 2.05) is 30.3 Å². The highest BCUT2D eigenvalue weighted by atomic mass is 19.1. The van der Waals surface area contributed by atoms with E-state index in [1.54, 1.807) is 17.0 Å². The van der Waals surface area contributed by atoms with Crippen LogP contribution in [0.15, 0.2) is 54.6 Å². The number of carbonyl (C=O) groups is 2. The maximum Gasteiger partial charge on any atom is 0.317 e. The van der Waals surface area contributed by atoms with Crippen LogP contribution in [0, 0.1) is 11.7 Å². The van der Waals surface area contributed by atoms with Gasteiger partial charge < -0.3 is 15.5 Å². The Morgan fingerprint density at radius 3 is 2.45 bits per heavy atom. The third-order valence-corrected chi connectivity index (χ3v) is 5.83. The lowest BCUT2D eigenvalue weighted by molar-refractivity contribution is -0.126. The topological polar surface area (TPSA) is 61.4 Å². The standard InChI is InChI=1S/C25H32FN3O2/c1-2-3-16-28-25(31)29-18-21(11-14-23(29)20-9-12-22(26)13-10-20)24(30)27-17-15-19-7-5-4-6-8-19/h4-10,12-13,21,23H,2-3,11,14-18H2,1H3,(H,27,30)(H,28,31)/t21-,23+/m0/s1. The smallest absolute Gasteiger partial charge is 0.317 e. The predicted octanol–water partition coefficient (Wildman–Crippen LogP) is 4.45. The molecule has 0 unspecified atom stereocenters. The number of carbonyl (C=O) groups excluding carboxylic acids is 2. The summed E-state index contributed by atoms with van der Waals surface area (Å²) in [6, 6.07) is 16.0. The minimum Gasteiger partial charge on any atom is -0.355 e. The fourth-order valence-corrected chi connectivity index (χ4v) is 4.03. The van der Waals surface area contributed by atoms with Gasteiger partial charge in [-0.15, -0.1) is 0 Å². The largest absolute Gasteiger partial charge is 0.355 e. The van der Waals surface area contributed by atoms with Gasteiger partial charge in [-0.2, -0.15) is 0 Å². The van der Waals surface area contributed by atoms with Crippen molar-refractivity contribution in [2.45, 2.75) is 45.1 Å². The van der Waals surface area contributed by atoms with Gasteiger partial charge in [-0.3, -0.25) is 4.79 Å². The molecule has 0 radical (unpaired) electrons. The first-order valence-corrected chi connectivity index (χ1v) is 11.2. The Bertz CT molecular complexity index is 842. The van der Waals surface area contributed by atoms with Gasteiger partial charge in [0.2, 0.25) is 5.91 Å². The number of nitrogens with zero attached hydrogens (tertiary/aromatic N) is 1. The second-order valence-corrected chi connectivity index (χ2v) is 8.11. The predicted molar refractivity (Wildman–Crippen MR) is 120 cm³/mol. The number of likely N-dealkylation sites (tertiary alicyclic amines) is 1. The molecule has 1 heterocycles. The Morgan fingerprint density at radius 2 is 1.74 bits per heavy atom. The van der Waals surface area contributed by atoms with Crippen molar-refractivity contribution in [1.29, 1.82) is 0 Å². The number of unbranched alkanes of at least 4 members (excludes halogenated alkanes) is 1. The highest BCUT2D eigenvalue weighted by Gasteiger charge is 2.35. The second kappa shape index (κ2) is 11.5. The zero-order valence-corrected chi connectivity index (χ0v) is 18.1. The summed E-state index contributed by atoms with van der Waals surface area (Å²) in [5.41, 5.74) is 2.08. The van der Waals surface area contributed by atoms with Gasteiger partial charge in [0.1, 0.15) is 5.82 Å². The van der Waals surface area contributed by atoms with E-state index in [-0.39, 0.29) is 29.7 Å². The first kappa shape index (κ1) is 22.8. The van der Waals surface area contributed by atoms with Crippen LogP contribution in [-0.4, -0.2) is 36.5 Å². The number of nitrogens with one attached hydrogen (secondary N) is 2. The lowest BCUT2D eigenvalue weighted by atomic mass is 9.88. The Labute approximate surface area is 184 Å². The van der Waals surface area contributed by atoms with Crippen molar-refractivity contribution in [2.75, 3.05) is 19.6 Å². The summed E-state index contributed by atoms with van der Waals surface area (Å²) >= 11 is 0. The maximum absolute atomic E-state index is 13.4. The molecule has 0 spiro atoms. The summed E-state index contributed by atoms with van der Waals surface area (Å²) in [5.74, 6) is -0.557. The zero-order valence-electron chi connectivity index (χ0n) is 18.1. The van der Waals surface area contributed by atoms with Gasteiger partial charge in [-0.25, -0.2) is 9.18 Å². The Balaban J connectivity index is 1.62. The molecule has 5 nitrogen and oxygen atoms in total. The number of amides is 3. The summed E-state index contributed by atoms with van der Waals surface area (Å²) < 4.78 is 13.4. The zero-order chi connectivity index (χ0) is 22.1. The van der Waals surface area contributed by atoms with E-state index in [2.05, 4.69) is 17.6 Å². The van der Waals surface area contributed by atoms with Crippen molar-refractivity contribution in [1.82, 2.24) is 15.5 Å². The van der Waals surface area contributed by atoms with Gasteiger partial charge in [0.15, 0.2) is 0 Å². The molecule has 0 aliphatic carbocycles. The molecule has 31 heavy (non-hydrogen) atoms. The molecule has 1 saturated heterocycles. The molecule has 2 aromatic carbocycles. The molecule has 0 bridgehead atoms. The van der Waals surface area contributed by atoms with Crippen molar-refractivity contribution < 1.29 is 14.0 Å². The van der Waals surface area contributed by atoms with E-state index in [9.17, 15) is 14.0 Å². The number of hydrogen-bond acceptors (Lipinski definition) is 2. The number of benzene rings is 2. The fourth-order valence-electron chi connectivity index (χ4n) is 4.03. The third-order valence-electron chi connectivity index (χ3n) is 5.83. The highest BCUT2D eigenvalue weighted by molar-refractivity contribution is 5.81. The van der Waals surface area contributed by atoms with E-state index < -0.39 is 0 Å². The van der Waals surface area contributed by atoms with Crippen LogP contribution < -0.4 is 10.6 Å². The van der Waals surface area contributed by atoms with Crippen LogP contribution in [0.4, 0.5) is 9.18 Å². The van der Waals surface area contributed by atoms with Gasteiger partial charge >= 0.3 is 6.03 Å². The summed E-state index contributed by atoms with van der Waals surface area (Å²) in [7, 11) is 0. The van der Waals surface area contributed by atoms with Gasteiger partial charge in [0.25, 0.3) is 0 Å². The Morgan fingerprint density at radius 1 is 1.00 bits per heavy atom. The molecule has 3 rings (SSSR count). The molecule has 166 valence electrons. The molecular formula is C25H32FN3O2. The number of urea groups is 1. The summed E-state index contributed by atoms with van der Waals surface area (Å²) in [5, 5.41) is 6.00. The first-order valence-electron chi connectivity index (χ1n) is 11.2. The van der Waals surface area contributed by atoms with Crippen LogP contribution in [0.3, 0.4) is 0 Å². The molecule has 0 saturated carbocycles. The van der Waals surface area contributed by atoms with Crippen molar-refractivity contribution in [3.63, 3.8) is 0 Å². The number of hydrogen-bond donors (Lipinski definition) is 2. The van der Waals surface area contributed by atoms with Crippen LogP contribution >= 0.6 is 0 Å². The number of piperidine rings is 1. The summed E-state index contributed by atoms with van der Waals surface area (Å²) in [6.07, 6.45) is 4.04. The van der Waals surface area contributed by atoms with E-state index in [0.717, 1.165) is 24.8 Å². The van der Waals surface area contributed by atoms with Crippen LogP contribution in [0.5, 0.6) is 0 Å². The van der Waals surface area contributed by atoms with Crippen LogP contribution in [0.1, 0.15) is 49.8 Å². The van der Waals surface area contributed by atoms with Crippen molar-refractivity contribution in [2.24, 2.45) is 5.92 Å². The van der Waals surface area contributed by atoms with Gasteiger partial charge in [0, 0.05) is 19.6 Å². The molecule has 0 aromatic heterocycles. The summed E-state index contributed by atoms with van der Waals surface area (Å²) in [4.78, 5) is 27.4. The molecule has 3 amide bonds. The molecule has 1 aliphatic heterocycles. The molecule has 6 heteroatoms. The van der Waals surface area contributed by atoms with Crippen molar-refractivity contribution in [3.05, 3.63) is 71.5 Å². The van der Waals surface area contributed by atoms with Gasteiger partial charge in [0.05, 0.1) is 12.0 Å². The van der Waals surface area contributed by atoms with Crippen molar-refractivity contribution in [3.8, 4) is 0 Å². The molecule has 1 aliphatic rings. The third kappa shape index (κ3) is 6.54. The minimum atomic E-state index is -0.297. The Hall–Kier alpha value is -2.89. The summed E-state index contributed by atoms with van der Waals surface area (Å²) in [6.45, 7) is 3.61. The van der Waals surface area contributed by atoms with E-state index in [1.165, 1.54) is 17.7 Å². The van der Waals surface area contributed by atoms with Crippen LogP contribution in [-0.2, 0) is 11.2 Å². The van der Waals surface area contributed by atoms with E-state index in [4.69, 9.17) is 0 Å². The molecule has 1 fully saturated rings. The molecular weight excluding hydrogens is 393 g/mol. The lowest BCUT2D eigenvalue weighted by Gasteiger charge is -2.39. The maximum atomic E-state index is 13.4. The van der Waals surface area contributed by atoms with E-state index in [0.29, 0.717) is 32.5 Å². The van der Waals surface area contributed by atoms with Gasteiger partial charge in [-0.1, -0.05) is 55.8 Å². The van der Waals surface area contributed by atoms with Crippen molar-refractivity contribution >= 4 is 11.9 Å². The Kier molecular flexibility index (Phi) is 8.44. The highest BCUT2D eigenvalue weighted by Crippen LogP contribution is 2.33. The monoisotopic (exact) mass is 425 g/mol. The van der Waals surface area contributed by atoms with Crippen LogP contribution in [0.25, 0.3) is 0 Å². The number of halogens is 1. The molecule has 2 atom stereocenters. The molecule has 2 aromatic rings. The second-order valence-electron chi connectivity index (χ2n) is 8.11. The SMILES string of the molecule is CCCCNC(=O)N1C[C@@H](C(=O)NCCc2ccccc2)CC[C@@H]1c1ccc(F)cc1. The lowest BCUT2D eigenvalue weighted by Crippen LogP contribution is -2.50. The van der Waals surface area contributed by atoms with Gasteiger partial charge in [-0.05, 0) is 48.9 Å². The minimum absolute atomic E-state index is 0.0140. The average molecular weight is 426 g/mol. The first-order chi connectivity index (χ1) is 15.1. The van der Waals surface area contributed by atoms with E-state index >= 15 is 0 Å². The fraction of sp³-hybridized carbons (Fsp3) is 0.440. The average Bonchev–Trinajstić information content (AvgIpc) is 2.80. The normalized spacial score (nSPS) is 18.5. The number of rotatable bonds is 8. The quantitative estimate of drug-likeness (QED) is 0.614.